The average molecular weight is 419 g/mol. The van der Waals surface area contributed by atoms with Gasteiger partial charge in [0.15, 0.2) is 5.78 Å². The van der Waals surface area contributed by atoms with Gasteiger partial charge in [0, 0.05) is 5.56 Å². The van der Waals surface area contributed by atoms with Crippen molar-refractivity contribution in [1.82, 2.24) is 0 Å². The minimum atomic E-state index is -0.861. The summed E-state index contributed by atoms with van der Waals surface area (Å²) in [4.78, 5) is 21.4. The summed E-state index contributed by atoms with van der Waals surface area (Å²) in [7, 11) is 0. The monoisotopic (exact) mass is 418 g/mol. The number of ketones is 1. The van der Waals surface area contributed by atoms with Crippen LogP contribution in [-0.2, 0) is 12.8 Å². The molecule has 2 rings (SSSR count). The molecule has 0 saturated carbocycles. The molecule has 0 fully saturated rings. The standard InChI is InChI=1S/C10H12O.C9H10O2.4C2H6/c1-3-9-5-4-6-10(7-9)8(2)11;1-2-7-4-3-5-8(6-7)9(10)11;4*1-2/h4-7H,3H2,1-2H3;3-6H,2H2,1H3,(H,10,11);4*1-2H3. The third-order valence-corrected chi connectivity index (χ3v) is 3.32. The molecule has 3 nitrogen and oxygen atoms in total. The molecular formula is C27H46O3. The predicted molar refractivity (Wildman–Crippen MR) is 134 cm³/mol. The Kier molecular flexibility index (Phi) is 31.0. The number of carboxylic acids is 1. The maximum atomic E-state index is 10.9. The van der Waals surface area contributed by atoms with E-state index in [2.05, 4.69) is 6.92 Å². The maximum Gasteiger partial charge on any atom is 0.335 e. The number of hydrogen-bond acceptors (Lipinski definition) is 2. The van der Waals surface area contributed by atoms with E-state index in [1.54, 1.807) is 25.1 Å². The highest BCUT2D eigenvalue weighted by molar-refractivity contribution is 5.94. The van der Waals surface area contributed by atoms with Crippen LogP contribution in [0.2, 0.25) is 0 Å². The number of carboxylic acid groups (broad SMARTS) is 1. The third kappa shape index (κ3) is 17.7. The van der Waals surface area contributed by atoms with Gasteiger partial charge in [-0.3, -0.25) is 4.79 Å². The van der Waals surface area contributed by atoms with E-state index in [9.17, 15) is 9.59 Å². The van der Waals surface area contributed by atoms with Crippen LogP contribution in [0, 0.1) is 0 Å². The summed E-state index contributed by atoms with van der Waals surface area (Å²) < 4.78 is 0. The summed E-state index contributed by atoms with van der Waals surface area (Å²) >= 11 is 0. The summed E-state index contributed by atoms with van der Waals surface area (Å²) in [6.07, 6.45) is 1.86. The molecule has 0 aliphatic carbocycles. The number of Topliss-reactive ketones (excluding diaryl/α,β-unsaturated/α-hetero) is 1. The van der Waals surface area contributed by atoms with Crippen molar-refractivity contribution in [3.05, 3.63) is 70.8 Å². The molecule has 2 aromatic carbocycles. The Morgan fingerprint density at radius 2 is 1.00 bits per heavy atom. The van der Waals surface area contributed by atoms with Gasteiger partial charge in [-0.05, 0) is 49.1 Å². The number of aryl methyl sites for hydroxylation is 2. The molecule has 30 heavy (non-hydrogen) atoms. The molecule has 172 valence electrons. The highest BCUT2D eigenvalue weighted by Gasteiger charge is 2.00. The molecule has 0 spiro atoms. The van der Waals surface area contributed by atoms with E-state index in [1.165, 1.54) is 5.56 Å². The highest BCUT2D eigenvalue weighted by atomic mass is 16.4. The van der Waals surface area contributed by atoms with Gasteiger partial charge < -0.3 is 5.11 Å². The molecular weight excluding hydrogens is 372 g/mol. The first-order valence-electron chi connectivity index (χ1n) is 11.4. The van der Waals surface area contributed by atoms with E-state index < -0.39 is 5.97 Å². The number of carbonyl (C=O) groups excluding carboxylic acids is 1. The van der Waals surface area contributed by atoms with Crippen molar-refractivity contribution in [2.24, 2.45) is 0 Å². The van der Waals surface area contributed by atoms with Crippen molar-refractivity contribution < 1.29 is 14.7 Å². The molecule has 1 N–H and O–H groups in total. The van der Waals surface area contributed by atoms with Gasteiger partial charge in [0.1, 0.15) is 0 Å². The Morgan fingerprint density at radius 1 is 0.667 bits per heavy atom. The molecule has 0 aliphatic rings. The first-order valence-corrected chi connectivity index (χ1v) is 11.4. The fraction of sp³-hybridized carbons (Fsp3) is 0.481. The van der Waals surface area contributed by atoms with Crippen LogP contribution < -0.4 is 0 Å². The zero-order chi connectivity index (χ0) is 24.5. The molecule has 0 aliphatic heterocycles. The van der Waals surface area contributed by atoms with Gasteiger partial charge in [0.2, 0.25) is 0 Å². The summed E-state index contributed by atoms with van der Waals surface area (Å²) in [5.74, 6) is -0.722. The lowest BCUT2D eigenvalue weighted by Gasteiger charge is -1.98. The Hall–Kier alpha value is -2.42. The van der Waals surface area contributed by atoms with Crippen molar-refractivity contribution in [1.29, 1.82) is 0 Å². The third-order valence-electron chi connectivity index (χ3n) is 3.32. The molecule has 0 amide bonds. The van der Waals surface area contributed by atoms with Gasteiger partial charge in [-0.15, -0.1) is 0 Å². The normalized spacial score (nSPS) is 7.83. The average Bonchev–Trinajstić information content (AvgIpc) is 2.84. The number of hydrogen-bond donors (Lipinski definition) is 1. The van der Waals surface area contributed by atoms with Crippen LogP contribution in [0.25, 0.3) is 0 Å². The quantitative estimate of drug-likeness (QED) is 0.506. The number of aromatic carboxylic acids is 1. The van der Waals surface area contributed by atoms with Gasteiger partial charge in [0.05, 0.1) is 5.56 Å². The minimum absolute atomic E-state index is 0.139. The Morgan fingerprint density at radius 3 is 1.30 bits per heavy atom. The smallest absolute Gasteiger partial charge is 0.335 e. The van der Waals surface area contributed by atoms with Crippen LogP contribution in [0.15, 0.2) is 48.5 Å². The Balaban J connectivity index is -0.000000169. The van der Waals surface area contributed by atoms with Crippen molar-refractivity contribution >= 4 is 11.8 Å². The van der Waals surface area contributed by atoms with Gasteiger partial charge in [-0.25, -0.2) is 4.79 Å². The molecule has 0 aromatic heterocycles. The van der Waals surface area contributed by atoms with Gasteiger partial charge in [-0.1, -0.05) is 99.6 Å². The lowest BCUT2D eigenvalue weighted by atomic mass is 10.1. The summed E-state index contributed by atoms with van der Waals surface area (Å²) in [6, 6.07) is 14.7. The topological polar surface area (TPSA) is 54.4 Å². The first-order chi connectivity index (χ1) is 14.5. The second kappa shape index (κ2) is 26.6. The second-order valence-electron chi connectivity index (χ2n) is 4.97. The number of carbonyl (C=O) groups is 2. The lowest BCUT2D eigenvalue weighted by molar-refractivity contribution is 0.0696. The molecule has 0 bridgehead atoms. The second-order valence-corrected chi connectivity index (χ2v) is 4.97. The van der Waals surface area contributed by atoms with Gasteiger partial charge in [-0.2, -0.15) is 0 Å². The van der Waals surface area contributed by atoms with E-state index in [-0.39, 0.29) is 5.78 Å². The van der Waals surface area contributed by atoms with Crippen molar-refractivity contribution in [2.75, 3.05) is 0 Å². The van der Waals surface area contributed by atoms with Gasteiger partial charge in [0.25, 0.3) is 0 Å². The van der Waals surface area contributed by atoms with E-state index in [1.807, 2.05) is 92.6 Å². The minimum Gasteiger partial charge on any atom is -0.478 e. The summed E-state index contributed by atoms with van der Waals surface area (Å²) in [5, 5.41) is 8.60. The predicted octanol–water partition coefficient (Wildman–Crippen LogP) is 8.50. The molecule has 3 heteroatoms. The molecule has 0 radical (unpaired) electrons. The van der Waals surface area contributed by atoms with E-state index in [0.717, 1.165) is 24.0 Å². The van der Waals surface area contributed by atoms with E-state index in [4.69, 9.17) is 5.11 Å². The van der Waals surface area contributed by atoms with Crippen molar-refractivity contribution in [3.63, 3.8) is 0 Å². The number of rotatable bonds is 4. The van der Waals surface area contributed by atoms with Crippen molar-refractivity contribution in [3.8, 4) is 0 Å². The van der Waals surface area contributed by atoms with Crippen LogP contribution >= 0.6 is 0 Å². The highest BCUT2D eigenvalue weighted by Crippen LogP contribution is 2.06. The molecule has 0 heterocycles. The van der Waals surface area contributed by atoms with Crippen molar-refractivity contribution in [2.45, 2.75) is 89.0 Å². The SMILES string of the molecule is CC.CC.CC.CC.CCc1cccc(C(=O)O)c1.CCc1cccc(C(C)=O)c1. The van der Waals surface area contributed by atoms with Crippen LogP contribution in [0.1, 0.15) is 108 Å². The lowest BCUT2D eigenvalue weighted by Crippen LogP contribution is -1.96. The number of benzene rings is 2. The van der Waals surface area contributed by atoms with Crippen LogP contribution in [0.4, 0.5) is 0 Å². The zero-order valence-electron chi connectivity index (χ0n) is 21.3. The van der Waals surface area contributed by atoms with Crippen LogP contribution in [0.3, 0.4) is 0 Å². The zero-order valence-corrected chi connectivity index (χ0v) is 21.3. The molecule has 0 unspecified atom stereocenters. The summed E-state index contributed by atoms with van der Waals surface area (Å²) in [5.41, 5.74) is 3.45. The fourth-order valence-electron chi connectivity index (χ4n) is 1.93. The largest absolute Gasteiger partial charge is 0.478 e. The maximum absolute atomic E-state index is 10.9. The van der Waals surface area contributed by atoms with E-state index >= 15 is 0 Å². The van der Waals surface area contributed by atoms with E-state index in [0.29, 0.717) is 5.56 Å². The Labute approximate surface area is 186 Å². The first kappa shape index (κ1) is 35.0. The van der Waals surface area contributed by atoms with Crippen LogP contribution in [0.5, 0.6) is 0 Å². The molecule has 2 aromatic rings. The Bertz CT molecular complexity index is 589. The molecule has 0 saturated heterocycles. The van der Waals surface area contributed by atoms with Gasteiger partial charge >= 0.3 is 5.97 Å². The molecule has 0 atom stereocenters. The van der Waals surface area contributed by atoms with Crippen LogP contribution in [-0.4, -0.2) is 16.9 Å². The fourth-order valence-corrected chi connectivity index (χ4v) is 1.93. The summed E-state index contributed by atoms with van der Waals surface area (Å²) in [6.45, 7) is 21.7.